The van der Waals surface area contributed by atoms with Crippen LogP contribution in [-0.4, -0.2) is 57.1 Å². The zero-order chi connectivity index (χ0) is 32.5. The number of hydrogen-bond donors (Lipinski definition) is 1. The van der Waals surface area contributed by atoms with E-state index in [0.29, 0.717) is 23.4 Å². The van der Waals surface area contributed by atoms with Crippen LogP contribution in [0.4, 0.5) is 8.78 Å². The van der Waals surface area contributed by atoms with Crippen molar-refractivity contribution in [3.8, 4) is 0 Å². The predicted molar refractivity (Wildman–Crippen MR) is 167 cm³/mol. The van der Waals surface area contributed by atoms with Crippen LogP contribution in [0, 0.1) is 34.5 Å². The summed E-state index contributed by atoms with van der Waals surface area (Å²) in [5.41, 5.74) is -6.51. The Balaban J connectivity index is 1.39. The molecule has 0 amide bonds. The monoisotopic (exact) mass is 660 g/mol. The number of aliphatic hydroxyl groups is 1. The number of rotatable bonds is 6. The van der Waals surface area contributed by atoms with Crippen molar-refractivity contribution in [3.63, 3.8) is 0 Å². The fourth-order valence-corrected chi connectivity index (χ4v) is 10.8. The summed E-state index contributed by atoms with van der Waals surface area (Å²) in [5, 5.41) is 11.8. The molecular formula is C35H39ClF2O6S. The van der Waals surface area contributed by atoms with Crippen molar-refractivity contribution < 1.29 is 37.8 Å². The van der Waals surface area contributed by atoms with Crippen molar-refractivity contribution in [2.45, 2.75) is 89.3 Å². The Morgan fingerprint density at radius 2 is 1.76 bits per heavy atom. The van der Waals surface area contributed by atoms with Crippen LogP contribution in [0.3, 0.4) is 0 Å². The van der Waals surface area contributed by atoms with Gasteiger partial charge in [0.2, 0.25) is 5.12 Å². The molecule has 0 bridgehead atoms. The van der Waals surface area contributed by atoms with Crippen molar-refractivity contribution in [2.24, 2.45) is 34.5 Å². The summed E-state index contributed by atoms with van der Waals surface area (Å²) in [4.78, 5) is 53.5. The average molecular weight is 661 g/mol. The van der Waals surface area contributed by atoms with Gasteiger partial charge >= 0.3 is 5.97 Å². The molecule has 0 spiro atoms. The molecule has 4 fully saturated rings. The van der Waals surface area contributed by atoms with Crippen LogP contribution < -0.4 is 0 Å². The molecule has 6 rings (SSSR count). The van der Waals surface area contributed by atoms with E-state index in [4.69, 9.17) is 16.3 Å². The van der Waals surface area contributed by atoms with Crippen LogP contribution in [0.25, 0.3) is 0 Å². The molecule has 0 aliphatic heterocycles. The van der Waals surface area contributed by atoms with Crippen molar-refractivity contribution in [2.75, 3.05) is 5.75 Å². The highest BCUT2D eigenvalue weighted by Crippen LogP contribution is 2.72. The van der Waals surface area contributed by atoms with E-state index in [2.05, 4.69) is 0 Å². The predicted octanol–water partition coefficient (Wildman–Crippen LogP) is 6.82. The van der Waals surface area contributed by atoms with Gasteiger partial charge in [0.25, 0.3) is 0 Å². The van der Waals surface area contributed by atoms with Gasteiger partial charge in [-0.3, -0.25) is 19.2 Å². The number of ketones is 2. The third kappa shape index (κ3) is 4.73. The van der Waals surface area contributed by atoms with Gasteiger partial charge in [0, 0.05) is 33.3 Å². The van der Waals surface area contributed by atoms with E-state index >= 15 is 8.78 Å². The van der Waals surface area contributed by atoms with E-state index < -0.39 is 69.0 Å². The summed E-state index contributed by atoms with van der Waals surface area (Å²) in [6, 6.07) is 6.33. The van der Waals surface area contributed by atoms with Crippen molar-refractivity contribution >= 4 is 46.0 Å². The molecule has 5 aliphatic carbocycles. The van der Waals surface area contributed by atoms with E-state index in [-0.39, 0.29) is 42.3 Å². The zero-order valence-electron chi connectivity index (χ0n) is 25.7. The number of ether oxygens (including phenoxy) is 1. The van der Waals surface area contributed by atoms with Crippen LogP contribution in [0.2, 0.25) is 5.02 Å². The second kappa shape index (κ2) is 11.4. The van der Waals surface area contributed by atoms with Gasteiger partial charge in [0.05, 0.1) is 17.8 Å². The number of halogens is 3. The van der Waals surface area contributed by atoms with Crippen molar-refractivity contribution in [1.29, 1.82) is 0 Å². The van der Waals surface area contributed by atoms with Crippen LogP contribution >= 0.6 is 23.4 Å². The Labute approximate surface area is 271 Å². The van der Waals surface area contributed by atoms with E-state index in [1.807, 2.05) is 0 Å². The second-order valence-electron chi connectivity index (χ2n) is 14.1. The minimum Gasteiger partial charge on any atom is -0.449 e. The van der Waals surface area contributed by atoms with Gasteiger partial charge in [0.15, 0.2) is 22.8 Å². The number of thioether (sulfide) groups is 1. The number of esters is 1. The first-order chi connectivity index (χ1) is 21.2. The fraction of sp³-hybridized carbons (Fsp3) is 0.600. The molecule has 45 heavy (non-hydrogen) atoms. The Bertz CT molecular complexity index is 1490. The van der Waals surface area contributed by atoms with Gasteiger partial charge in [0.1, 0.15) is 6.17 Å². The minimum absolute atomic E-state index is 0.0220. The number of Topliss-reactive ketones (excluding diaryl/α,β-unsaturated/α-hetero) is 1. The lowest BCUT2D eigenvalue weighted by molar-refractivity contribution is -0.229. The highest BCUT2D eigenvalue weighted by molar-refractivity contribution is 8.14. The number of fused-ring (bicyclic) bond motifs is 5. The lowest BCUT2D eigenvalue weighted by Crippen LogP contribution is -2.70. The summed E-state index contributed by atoms with van der Waals surface area (Å²) in [5.74, 6) is -4.06. The Morgan fingerprint density at radius 1 is 1.09 bits per heavy atom. The molecule has 1 aromatic carbocycles. The Morgan fingerprint density at radius 3 is 2.42 bits per heavy atom. The number of carbonyl (C=O) groups is 4. The molecule has 242 valence electrons. The number of alkyl halides is 2. The first-order valence-electron chi connectivity index (χ1n) is 15.8. The summed E-state index contributed by atoms with van der Waals surface area (Å²) in [7, 11) is 0. The normalized spacial score (nSPS) is 40.7. The van der Waals surface area contributed by atoms with Gasteiger partial charge in [-0.2, -0.15) is 0 Å². The molecule has 1 aromatic rings. The third-order valence-electron chi connectivity index (χ3n) is 11.9. The summed E-state index contributed by atoms with van der Waals surface area (Å²) < 4.78 is 40.0. The van der Waals surface area contributed by atoms with Crippen LogP contribution in [0.15, 0.2) is 48.1 Å². The highest BCUT2D eigenvalue weighted by atomic mass is 35.5. The molecule has 5 aliphatic rings. The number of allylic oxidation sites excluding steroid dienone is 4. The number of benzene rings is 1. The van der Waals surface area contributed by atoms with E-state index in [0.717, 1.165) is 30.7 Å². The second-order valence-corrected chi connectivity index (χ2v) is 15.5. The summed E-state index contributed by atoms with van der Waals surface area (Å²) >= 11 is 6.73. The van der Waals surface area contributed by atoms with Crippen LogP contribution in [-0.2, 0) is 19.1 Å². The SMILES string of the molecule is C[C@@H]1C[C@H]2[C@@H]3C[C@H](F)C4=CC(=O)C=C[C@]4(C)[C@@]3(F)[C@@H](O)C[C@]2(C)[C@@]1(OC(=O)C1CCCC1)C(=O)SCC(=O)c1ccc(Cl)cc1. The molecule has 0 heterocycles. The lowest BCUT2D eigenvalue weighted by Gasteiger charge is -2.63. The Kier molecular flexibility index (Phi) is 8.26. The molecule has 0 unspecified atom stereocenters. The summed E-state index contributed by atoms with van der Waals surface area (Å²) in [6.07, 6.45) is 3.27. The fourth-order valence-electron chi connectivity index (χ4n) is 9.58. The smallest absolute Gasteiger partial charge is 0.309 e. The molecule has 6 nitrogen and oxygen atoms in total. The largest absolute Gasteiger partial charge is 0.449 e. The Hall–Kier alpha value is -2.36. The molecule has 1 N–H and O–H groups in total. The first kappa shape index (κ1) is 32.6. The molecular weight excluding hydrogens is 622 g/mol. The van der Waals surface area contributed by atoms with E-state index in [1.54, 1.807) is 38.1 Å². The average Bonchev–Trinajstić information content (AvgIpc) is 3.61. The lowest BCUT2D eigenvalue weighted by atomic mass is 9.44. The zero-order valence-corrected chi connectivity index (χ0v) is 27.3. The summed E-state index contributed by atoms with van der Waals surface area (Å²) in [6.45, 7) is 5.08. The maximum absolute atomic E-state index is 17.7. The van der Waals surface area contributed by atoms with Crippen LogP contribution in [0.5, 0.6) is 0 Å². The van der Waals surface area contributed by atoms with Crippen molar-refractivity contribution in [3.05, 3.63) is 58.7 Å². The first-order valence-corrected chi connectivity index (χ1v) is 17.2. The number of aliphatic hydroxyl groups excluding tert-OH is 1. The third-order valence-corrected chi connectivity index (χ3v) is 13.1. The number of hydrogen-bond acceptors (Lipinski definition) is 7. The molecule has 4 saturated carbocycles. The van der Waals surface area contributed by atoms with E-state index in [1.165, 1.54) is 19.1 Å². The van der Waals surface area contributed by atoms with Gasteiger partial charge in [-0.1, -0.05) is 56.1 Å². The molecule has 9 atom stereocenters. The van der Waals surface area contributed by atoms with Crippen LogP contribution in [0.1, 0.15) is 76.1 Å². The molecule has 10 heteroatoms. The van der Waals surface area contributed by atoms with Gasteiger partial charge in [-0.05, 0) is 86.9 Å². The molecule has 0 saturated heterocycles. The highest BCUT2D eigenvalue weighted by Gasteiger charge is 2.78. The van der Waals surface area contributed by atoms with E-state index in [9.17, 15) is 24.3 Å². The maximum Gasteiger partial charge on any atom is 0.309 e. The molecule has 0 radical (unpaired) electrons. The minimum atomic E-state index is -2.32. The number of carbonyl (C=O) groups excluding carboxylic acids is 4. The quantitative estimate of drug-likeness (QED) is 0.264. The van der Waals surface area contributed by atoms with Gasteiger partial charge in [-0.15, -0.1) is 0 Å². The van der Waals surface area contributed by atoms with Crippen molar-refractivity contribution in [1.82, 2.24) is 0 Å². The standard InChI is InChI=1S/C35H39ClF2O6S/c1-19-14-24-25-16-27(37)26-15-23(39)12-13-32(26,2)34(25,38)29(41)17-33(24,3)35(19,44-30(42)21-6-4-5-7-21)31(43)45-18-28(40)20-8-10-22(36)11-9-20/h8-13,15,19,21,24-25,27,29,41H,4-7,14,16-18H2,1-3H3/t19-,24+,25+,27+,29+,32+,33+,34+,35+/m1/s1. The topological polar surface area (TPSA) is 97.7 Å². The maximum atomic E-state index is 17.7. The van der Waals surface area contributed by atoms with Gasteiger partial charge in [-0.25, -0.2) is 8.78 Å². The van der Waals surface area contributed by atoms with Gasteiger partial charge < -0.3 is 9.84 Å². The molecule has 0 aromatic heterocycles.